The molecule has 2 aliphatic heterocycles. The molecule has 0 radical (unpaired) electrons. The Morgan fingerprint density at radius 1 is 0.848 bits per heavy atom. The van der Waals surface area contributed by atoms with E-state index in [4.69, 9.17) is 0 Å². The van der Waals surface area contributed by atoms with Gasteiger partial charge in [-0.25, -0.2) is 4.39 Å². The molecule has 6 rings (SSSR count). The maximum Gasteiger partial charge on any atom is 0.128 e. The molecule has 2 aromatic carbocycles. The third-order valence-electron chi connectivity index (χ3n) is 8.65. The van der Waals surface area contributed by atoms with E-state index in [1.807, 2.05) is 6.07 Å². The summed E-state index contributed by atoms with van der Waals surface area (Å²) in [6.45, 7) is 6.68. The van der Waals surface area contributed by atoms with E-state index < -0.39 is 0 Å². The maximum atomic E-state index is 14.7. The number of likely N-dealkylation sites (N-methyl/N-ethyl adjacent to an activating group) is 1. The summed E-state index contributed by atoms with van der Waals surface area (Å²) in [5, 5.41) is 0. The number of nitrogens with zero attached hydrogens (tertiary/aromatic N) is 4. The molecule has 0 amide bonds. The number of hydrogen-bond acceptors (Lipinski definition) is 4. The number of benzene rings is 2. The van der Waals surface area contributed by atoms with E-state index in [1.54, 1.807) is 6.07 Å². The molecular formula is C28H37FN4. The van der Waals surface area contributed by atoms with Crippen LogP contribution in [0.1, 0.15) is 47.9 Å². The van der Waals surface area contributed by atoms with Gasteiger partial charge in [-0.3, -0.25) is 9.80 Å². The summed E-state index contributed by atoms with van der Waals surface area (Å²) in [5.74, 6) is 0.433. The van der Waals surface area contributed by atoms with Gasteiger partial charge in [0.05, 0.1) is 0 Å². The van der Waals surface area contributed by atoms with Crippen molar-refractivity contribution in [3.05, 3.63) is 65.0 Å². The summed E-state index contributed by atoms with van der Waals surface area (Å²) in [6.07, 6.45) is 4.83. The predicted molar refractivity (Wildman–Crippen MR) is 133 cm³/mol. The Hall–Kier alpha value is -1.95. The Kier molecular flexibility index (Phi) is 5.68. The average molecular weight is 449 g/mol. The van der Waals surface area contributed by atoms with Crippen LogP contribution in [0.5, 0.6) is 0 Å². The van der Waals surface area contributed by atoms with Crippen molar-refractivity contribution in [1.82, 2.24) is 14.7 Å². The molecule has 3 atom stereocenters. The van der Waals surface area contributed by atoms with E-state index in [0.29, 0.717) is 12.0 Å². The summed E-state index contributed by atoms with van der Waals surface area (Å²) >= 11 is 0. The topological polar surface area (TPSA) is 13.0 Å². The summed E-state index contributed by atoms with van der Waals surface area (Å²) < 4.78 is 14.7. The van der Waals surface area contributed by atoms with Crippen LogP contribution in [0.2, 0.25) is 0 Å². The lowest BCUT2D eigenvalue weighted by molar-refractivity contribution is 0.213. The number of halogens is 1. The molecule has 3 fully saturated rings. The van der Waals surface area contributed by atoms with Crippen LogP contribution in [0.3, 0.4) is 0 Å². The number of hydrogen-bond donors (Lipinski definition) is 0. The lowest BCUT2D eigenvalue weighted by Gasteiger charge is -2.36. The molecule has 2 aliphatic carbocycles. The average Bonchev–Trinajstić information content (AvgIpc) is 3.43. The first-order valence-corrected chi connectivity index (χ1v) is 12.8. The van der Waals surface area contributed by atoms with Crippen molar-refractivity contribution in [2.24, 2.45) is 0 Å². The Bertz CT molecular complexity index is 978. The molecule has 2 saturated heterocycles. The second-order valence-electron chi connectivity index (χ2n) is 10.8. The normalized spacial score (nSPS) is 28.6. The van der Waals surface area contributed by atoms with Gasteiger partial charge in [-0.05, 0) is 69.1 Å². The molecule has 33 heavy (non-hydrogen) atoms. The zero-order valence-electron chi connectivity index (χ0n) is 20.1. The zero-order chi connectivity index (χ0) is 22.5. The van der Waals surface area contributed by atoms with Gasteiger partial charge in [0.1, 0.15) is 5.82 Å². The van der Waals surface area contributed by atoms with Gasteiger partial charge in [0.25, 0.3) is 0 Å². The molecule has 1 saturated carbocycles. The number of anilines is 1. The highest BCUT2D eigenvalue weighted by Gasteiger charge is 2.41. The van der Waals surface area contributed by atoms with Crippen LogP contribution in [0.25, 0.3) is 0 Å². The number of aryl methyl sites for hydroxylation is 1. The minimum Gasteiger partial charge on any atom is -0.369 e. The monoisotopic (exact) mass is 448 g/mol. The Balaban J connectivity index is 1.17. The zero-order valence-corrected chi connectivity index (χ0v) is 20.1. The van der Waals surface area contributed by atoms with Gasteiger partial charge >= 0.3 is 0 Å². The molecule has 4 nitrogen and oxygen atoms in total. The molecule has 176 valence electrons. The van der Waals surface area contributed by atoms with Crippen molar-refractivity contribution in [3.63, 3.8) is 0 Å². The third-order valence-corrected chi connectivity index (χ3v) is 8.65. The Morgan fingerprint density at radius 3 is 2.30 bits per heavy atom. The van der Waals surface area contributed by atoms with Gasteiger partial charge in [-0.1, -0.05) is 24.3 Å². The van der Waals surface area contributed by atoms with E-state index in [2.05, 4.69) is 64.0 Å². The molecule has 2 heterocycles. The van der Waals surface area contributed by atoms with Crippen LogP contribution >= 0.6 is 0 Å². The molecule has 4 aliphatic rings. The van der Waals surface area contributed by atoms with E-state index in [-0.39, 0.29) is 11.9 Å². The van der Waals surface area contributed by atoms with E-state index in [1.165, 1.54) is 42.7 Å². The summed E-state index contributed by atoms with van der Waals surface area (Å²) in [4.78, 5) is 10.1. The fraction of sp³-hybridized carbons (Fsp3) is 0.571. The summed E-state index contributed by atoms with van der Waals surface area (Å²) in [5.41, 5.74) is 4.94. The quantitative estimate of drug-likeness (QED) is 0.682. The summed E-state index contributed by atoms with van der Waals surface area (Å²) in [7, 11) is 4.39. The second kappa shape index (κ2) is 8.68. The largest absolute Gasteiger partial charge is 0.369 e. The van der Waals surface area contributed by atoms with Crippen molar-refractivity contribution < 1.29 is 4.39 Å². The van der Waals surface area contributed by atoms with E-state index in [0.717, 1.165) is 50.6 Å². The molecule has 0 spiro atoms. The van der Waals surface area contributed by atoms with Gasteiger partial charge in [0.15, 0.2) is 0 Å². The van der Waals surface area contributed by atoms with Crippen LogP contribution < -0.4 is 4.90 Å². The number of rotatable bonds is 5. The van der Waals surface area contributed by atoms with E-state index >= 15 is 0 Å². The number of piperazine rings is 1. The fourth-order valence-electron chi connectivity index (χ4n) is 6.61. The van der Waals surface area contributed by atoms with Gasteiger partial charge in [0.2, 0.25) is 0 Å². The van der Waals surface area contributed by atoms with Crippen LogP contribution in [-0.2, 0) is 6.42 Å². The number of likely N-dealkylation sites (tertiary alicyclic amines) is 1. The highest BCUT2D eigenvalue weighted by molar-refractivity contribution is 5.49. The van der Waals surface area contributed by atoms with Gasteiger partial charge in [-0.2, -0.15) is 0 Å². The molecule has 5 heteroatoms. The van der Waals surface area contributed by atoms with Crippen molar-refractivity contribution >= 4 is 5.69 Å². The molecule has 2 aromatic rings. The van der Waals surface area contributed by atoms with Gasteiger partial charge < -0.3 is 9.80 Å². The Morgan fingerprint density at radius 2 is 1.61 bits per heavy atom. The highest BCUT2D eigenvalue weighted by atomic mass is 19.1. The summed E-state index contributed by atoms with van der Waals surface area (Å²) in [6, 6.07) is 16.5. The third kappa shape index (κ3) is 4.09. The van der Waals surface area contributed by atoms with Gasteiger partial charge in [0, 0.05) is 74.6 Å². The maximum absolute atomic E-state index is 14.7. The lowest BCUT2D eigenvalue weighted by Crippen LogP contribution is -2.47. The van der Waals surface area contributed by atoms with Crippen LogP contribution in [0.4, 0.5) is 10.1 Å². The predicted octanol–water partition coefficient (Wildman–Crippen LogP) is 4.13. The lowest BCUT2D eigenvalue weighted by atomic mass is 9.93. The molecular weight excluding hydrogens is 411 g/mol. The highest BCUT2D eigenvalue weighted by Crippen LogP contribution is 2.42. The molecule has 0 aromatic heterocycles. The van der Waals surface area contributed by atoms with Gasteiger partial charge in [-0.15, -0.1) is 0 Å². The van der Waals surface area contributed by atoms with Crippen molar-refractivity contribution in [2.45, 2.75) is 49.7 Å². The number of fused-ring (bicyclic) bond motifs is 1. The Labute approximate surface area is 198 Å². The molecule has 0 N–H and O–H groups in total. The van der Waals surface area contributed by atoms with E-state index in [9.17, 15) is 4.39 Å². The second-order valence-corrected chi connectivity index (χ2v) is 10.8. The molecule has 1 unspecified atom stereocenters. The first kappa shape index (κ1) is 21.6. The first-order chi connectivity index (χ1) is 16.1. The fourth-order valence-corrected chi connectivity index (χ4v) is 6.61. The van der Waals surface area contributed by atoms with Crippen molar-refractivity contribution in [2.75, 3.05) is 58.3 Å². The van der Waals surface area contributed by atoms with Crippen LogP contribution in [-0.4, -0.2) is 80.1 Å². The standard InChI is InChI=1S/C28H37FN4/c1-30(2)27-19-33(26-13-8-21-4-3-5-25(29)28(21)26)18-24(27)20-6-9-22(10-7-20)31-14-16-32(17-15-31)23-11-12-23/h3-7,9-10,23-24,26-27H,8,11-19H2,1-2H3/t24-,26?,27+/m1/s1. The molecule has 0 bridgehead atoms. The first-order valence-electron chi connectivity index (χ1n) is 12.8. The van der Waals surface area contributed by atoms with Crippen molar-refractivity contribution in [1.29, 1.82) is 0 Å². The van der Waals surface area contributed by atoms with Crippen LogP contribution in [0.15, 0.2) is 42.5 Å². The minimum atomic E-state index is -0.0222. The van der Waals surface area contributed by atoms with Crippen molar-refractivity contribution in [3.8, 4) is 0 Å². The minimum absolute atomic E-state index is 0.0222. The SMILES string of the molecule is CN(C)[C@H]1CN(C2CCc3cccc(F)c32)C[C@@H]1c1ccc(N2CCN(C3CC3)CC2)cc1. The van der Waals surface area contributed by atoms with Crippen LogP contribution in [0, 0.1) is 5.82 Å². The smallest absolute Gasteiger partial charge is 0.128 e.